The van der Waals surface area contributed by atoms with Gasteiger partial charge in [-0.1, -0.05) is 12.1 Å². The first-order chi connectivity index (χ1) is 7.79. The van der Waals surface area contributed by atoms with Gasteiger partial charge in [-0.05, 0) is 50.9 Å². The molecule has 1 saturated heterocycles. The maximum absolute atomic E-state index is 3.29. The van der Waals surface area contributed by atoms with Crippen LogP contribution in [0.2, 0.25) is 0 Å². The quantitative estimate of drug-likeness (QED) is 0.835. The van der Waals surface area contributed by atoms with Crippen molar-refractivity contribution in [1.82, 2.24) is 5.32 Å². The predicted octanol–water partition coefficient (Wildman–Crippen LogP) is 2.44. The molecule has 1 atom stereocenters. The van der Waals surface area contributed by atoms with Crippen LogP contribution in [0.25, 0.3) is 0 Å². The fraction of sp³-hybridized carbons (Fsp3) is 0.571. The summed E-state index contributed by atoms with van der Waals surface area (Å²) < 4.78 is 0. The lowest BCUT2D eigenvalue weighted by Gasteiger charge is -2.19. The Balaban J connectivity index is 2.06. The molecule has 0 radical (unpaired) electrons. The number of hydrogen-bond acceptors (Lipinski definition) is 2. The molecule has 1 aromatic carbocycles. The summed E-state index contributed by atoms with van der Waals surface area (Å²) in [5, 5.41) is 3.29. The number of likely N-dealkylation sites (N-methyl/N-ethyl adjacent to an activating group) is 1. The van der Waals surface area contributed by atoms with Crippen molar-refractivity contribution in [2.45, 2.75) is 32.2 Å². The molecule has 1 N–H and O–H groups in total. The Bertz CT molecular complexity index is 329. The Kier molecular flexibility index (Phi) is 3.83. The first-order valence-electron chi connectivity index (χ1n) is 6.31. The number of anilines is 1. The van der Waals surface area contributed by atoms with E-state index in [-0.39, 0.29) is 0 Å². The molecule has 1 fully saturated rings. The SMILES string of the molecule is CN[C@@H](C)Cc1cccc(N2CCCC2)c1. The van der Waals surface area contributed by atoms with E-state index in [2.05, 4.69) is 41.4 Å². The fourth-order valence-corrected chi connectivity index (χ4v) is 2.31. The van der Waals surface area contributed by atoms with Gasteiger partial charge in [0.1, 0.15) is 0 Å². The van der Waals surface area contributed by atoms with Crippen molar-refractivity contribution < 1.29 is 0 Å². The van der Waals surface area contributed by atoms with Crippen LogP contribution < -0.4 is 10.2 Å². The van der Waals surface area contributed by atoms with Gasteiger partial charge in [-0.3, -0.25) is 0 Å². The molecule has 0 aromatic heterocycles. The van der Waals surface area contributed by atoms with Gasteiger partial charge in [0.15, 0.2) is 0 Å². The van der Waals surface area contributed by atoms with Crippen LogP contribution in [0.4, 0.5) is 5.69 Å². The zero-order valence-corrected chi connectivity index (χ0v) is 10.4. The van der Waals surface area contributed by atoms with E-state index in [9.17, 15) is 0 Å². The molecule has 2 nitrogen and oxygen atoms in total. The molecule has 0 aliphatic carbocycles. The summed E-state index contributed by atoms with van der Waals surface area (Å²) in [4.78, 5) is 2.49. The van der Waals surface area contributed by atoms with Crippen LogP contribution >= 0.6 is 0 Å². The predicted molar refractivity (Wildman–Crippen MR) is 70.1 cm³/mol. The van der Waals surface area contributed by atoms with E-state index in [0.717, 1.165) is 6.42 Å². The maximum atomic E-state index is 3.29. The van der Waals surface area contributed by atoms with Crippen LogP contribution in [0, 0.1) is 0 Å². The van der Waals surface area contributed by atoms with Crippen LogP contribution in [0.15, 0.2) is 24.3 Å². The molecule has 0 bridgehead atoms. The van der Waals surface area contributed by atoms with Crippen molar-refractivity contribution in [2.75, 3.05) is 25.0 Å². The maximum Gasteiger partial charge on any atom is 0.0368 e. The number of benzene rings is 1. The Hall–Kier alpha value is -1.02. The highest BCUT2D eigenvalue weighted by Gasteiger charge is 2.12. The first-order valence-corrected chi connectivity index (χ1v) is 6.31. The third-order valence-electron chi connectivity index (χ3n) is 3.42. The summed E-state index contributed by atoms with van der Waals surface area (Å²) in [6, 6.07) is 9.55. The zero-order valence-electron chi connectivity index (χ0n) is 10.4. The van der Waals surface area contributed by atoms with Gasteiger partial charge in [-0.15, -0.1) is 0 Å². The zero-order chi connectivity index (χ0) is 11.4. The summed E-state index contributed by atoms with van der Waals surface area (Å²) in [5.41, 5.74) is 2.84. The van der Waals surface area contributed by atoms with Crippen LogP contribution in [0.5, 0.6) is 0 Å². The minimum absolute atomic E-state index is 0.550. The summed E-state index contributed by atoms with van der Waals surface area (Å²) >= 11 is 0. The van der Waals surface area contributed by atoms with Crippen molar-refractivity contribution in [2.24, 2.45) is 0 Å². The molecule has 0 spiro atoms. The Labute approximate surface area is 98.7 Å². The molecule has 2 heteroatoms. The van der Waals surface area contributed by atoms with Crippen molar-refractivity contribution in [3.63, 3.8) is 0 Å². The fourth-order valence-electron chi connectivity index (χ4n) is 2.31. The Morgan fingerprint density at radius 1 is 1.31 bits per heavy atom. The van der Waals surface area contributed by atoms with Crippen LogP contribution in [0.1, 0.15) is 25.3 Å². The average Bonchev–Trinajstić information content (AvgIpc) is 2.83. The van der Waals surface area contributed by atoms with Gasteiger partial charge in [0, 0.05) is 24.8 Å². The standard InChI is InChI=1S/C14H22N2/c1-12(15-2)10-13-6-5-7-14(11-13)16-8-3-4-9-16/h5-7,11-12,15H,3-4,8-10H2,1-2H3/t12-/m0/s1. The molecule has 0 amide bonds. The Morgan fingerprint density at radius 3 is 2.75 bits per heavy atom. The highest BCUT2D eigenvalue weighted by Crippen LogP contribution is 2.21. The van der Waals surface area contributed by atoms with E-state index in [1.807, 2.05) is 7.05 Å². The van der Waals surface area contributed by atoms with Crippen LogP contribution in [-0.4, -0.2) is 26.2 Å². The molecule has 1 aromatic rings. The molecular weight excluding hydrogens is 196 g/mol. The summed E-state index contributed by atoms with van der Waals surface area (Å²) in [6.45, 7) is 4.68. The normalized spacial score (nSPS) is 17.8. The lowest BCUT2D eigenvalue weighted by atomic mass is 10.1. The smallest absolute Gasteiger partial charge is 0.0368 e. The minimum atomic E-state index is 0.550. The van der Waals surface area contributed by atoms with E-state index >= 15 is 0 Å². The molecule has 1 heterocycles. The molecule has 2 rings (SSSR count). The average molecular weight is 218 g/mol. The molecule has 88 valence electrons. The largest absolute Gasteiger partial charge is 0.372 e. The second-order valence-electron chi connectivity index (χ2n) is 4.76. The Morgan fingerprint density at radius 2 is 2.06 bits per heavy atom. The van der Waals surface area contributed by atoms with Crippen LogP contribution in [-0.2, 0) is 6.42 Å². The minimum Gasteiger partial charge on any atom is -0.372 e. The molecule has 1 aliphatic rings. The highest BCUT2D eigenvalue weighted by atomic mass is 15.1. The summed E-state index contributed by atoms with van der Waals surface area (Å²) in [6.07, 6.45) is 3.80. The van der Waals surface area contributed by atoms with Gasteiger partial charge in [-0.25, -0.2) is 0 Å². The number of hydrogen-bond donors (Lipinski definition) is 1. The second-order valence-corrected chi connectivity index (χ2v) is 4.76. The van der Waals surface area contributed by atoms with Gasteiger partial charge in [0.2, 0.25) is 0 Å². The number of rotatable bonds is 4. The lowest BCUT2D eigenvalue weighted by molar-refractivity contribution is 0.608. The van der Waals surface area contributed by atoms with Gasteiger partial charge < -0.3 is 10.2 Å². The first kappa shape index (κ1) is 11.5. The molecule has 1 aliphatic heterocycles. The van der Waals surface area contributed by atoms with E-state index in [1.54, 1.807) is 0 Å². The van der Waals surface area contributed by atoms with Crippen molar-refractivity contribution in [3.8, 4) is 0 Å². The third-order valence-corrected chi connectivity index (χ3v) is 3.42. The molecule has 0 saturated carbocycles. The monoisotopic (exact) mass is 218 g/mol. The van der Waals surface area contributed by atoms with Crippen molar-refractivity contribution in [3.05, 3.63) is 29.8 Å². The molecule has 0 unspecified atom stereocenters. The summed E-state index contributed by atoms with van der Waals surface area (Å²) in [5.74, 6) is 0. The van der Waals surface area contributed by atoms with Crippen molar-refractivity contribution >= 4 is 5.69 Å². The van der Waals surface area contributed by atoms with Gasteiger partial charge >= 0.3 is 0 Å². The molecule has 16 heavy (non-hydrogen) atoms. The van der Waals surface area contributed by atoms with E-state index in [1.165, 1.54) is 37.2 Å². The van der Waals surface area contributed by atoms with Gasteiger partial charge in [-0.2, -0.15) is 0 Å². The topological polar surface area (TPSA) is 15.3 Å². The molecular formula is C14H22N2. The van der Waals surface area contributed by atoms with E-state index in [4.69, 9.17) is 0 Å². The van der Waals surface area contributed by atoms with Crippen molar-refractivity contribution in [1.29, 1.82) is 0 Å². The third kappa shape index (κ3) is 2.76. The van der Waals surface area contributed by atoms with Gasteiger partial charge in [0.05, 0.1) is 0 Å². The summed E-state index contributed by atoms with van der Waals surface area (Å²) in [7, 11) is 2.02. The van der Waals surface area contributed by atoms with Gasteiger partial charge in [0.25, 0.3) is 0 Å². The van der Waals surface area contributed by atoms with Crippen LogP contribution in [0.3, 0.4) is 0 Å². The number of nitrogens with one attached hydrogen (secondary N) is 1. The second kappa shape index (κ2) is 5.35. The number of nitrogens with zero attached hydrogens (tertiary/aromatic N) is 1. The van der Waals surface area contributed by atoms with E-state index in [0.29, 0.717) is 6.04 Å². The van der Waals surface area contributed by atoms with E-state index < -0.39 is 0 Å². The lowest BCUT2D eigenvalue weighted by Crippen LogP contribution is -2.24. The highest BCUT2D eigenvalue weighted by molar-refractivity contribution is 5.49.